The first-order valence-corrected chi connectivity index (χ1v) is 7.15. The van der Waals surface area contributed by atoms with Crippen LogP contribution in [0.25, 0.3) is 0 Å². The molecule has 0 amide bonds. The molecule has 2 rings (SSSR count). The third-order valence-electron chi connectivity index (χ3n) is 2.41. The van der Waals surface area contributed by atoms with Gasteiger partial charge in [-0.15, -0.1) is 11.8 Å². The average molecular weight is 309 g/mol. The number of hydrogen-bond acceptors (Lipinski definition) is 2. The van der Waals surface area contributed by atoms with Crippen LogP contribution in [-0.2, 0) is 0 Å². The zero-order valence-corrected chi connectivity index (χ0v) is 11.6. The van der Waals surface area contributed by atoms with Crippen molar-refractivity contribution >= 4 is 27.7 Å². The van der Waals surface area contributed by atoms with Gasteiger partial charge in [0.2, 0.25) is 0 Å². The topological polar surface area (TPSA) is 20.2 Å². The van der Waals surface area contributed by atoms with E-state index in [9.17, 15) is 5.11 Å². The van der Waals surface area contributed by atoms with Crippen molar-refractivity contribution < 1.29 is 5.11 Å². The van der Waals surface area contributed by atoms with E-state index in [1.165, 1.54) is 4.90 Å². The maximum absolute atomic E-state index is 10.0. The zero-order valence-electron chi connectivity index (χ0n) is 9.21. The second-order valence-corrected chi connectivity index (χ2v) is 5.70. The lowest BCUT2D eigenvalue weighted by Crippen LogP contribution is -1.99. The molecule has 2 aromatic carbocycles. The fraction of sp³-hybridized carbons (Fsp3) is 0.143. The summed E-state index contributed by atoms with van der Waals surface area (Å²) in [5.74, 6) is 0.672. The monoisotopic (exact) mass is 308 g/mol. The van der Waals surface area contributed by atoms with Crippen LogP contribution in [0.4, 0.5) is 0 Å². The number of aliphatic hydroxyl groups is 1. The van der Waals surface area contributed by atoms with Gasteiger partial charge in [-0.1, -0.05) is 46.3 Å². The highest BCUT2D eigenvalue weighted by Gasteiger charge is 2.07. The molecule has 1 atom stereocenters. The van der Waals surface area contributed by atoms with Crippen molar-refractivity contribution in [1.29, 1.82) is 0 Å². The highest BCUT2D eigenvalue weighted by atomic mass is 79.9. The van der Waals surface area contributed by atoms with E-state index < -0.39 is 6.10 Å². The van der Waals surface area contributed by atoms with Crippen LogP contribution in [0.3, 0.4) is 0 Å². The highest BCUT2D eigenvalue weighted by molar-refractivity contribution is 9.10. The van der Waals surface area contributed by atoms with Gasteiger partial charge in [0.15, 0.2) is 0 Å². The quantitative estimate of drug-likeness (QED) is 0.851. The number of hydrogen-bond donors (Lipinski definition) is 1. The van der Waals surface area contributed by atoms with Crippen LogP contribution in [0, 0.1) is 0 Å². The van der Waals surface area contributed by atoms with Crippen molar-refractivity contribution in [3.63, 3.8) is 0 Å². The van der Waals surface area contributed by atoms with Crippen LogP contribution in [0.1, 0.15) is 11.7 Å². The standard InChI is InChI=1S/C14H13BrOS/c15-12-8-6-11(7-9-12)14(16)10-17-13-4-2-1-3-5-13/h1-9,14,16H,10H2. The summed E-state index contributed by atoms with van der Waals surface area (Å²) in [6.45, 7) is 0. The third kappa shape index (κ3) is 3.87. The fourth-order valence-electron chi connectivity index (χ4n) is 1.47. The summed E-state index contributed by atoms with van der Waals surface area (Å²) in [6, 6.07) is 17.9. The average Bonchev–Trinajstić information content (AvgIpc) is 2.38. The number of rotatable bonds is 4. The number of halogens is 1. The molecule has 0 heterocycles. The van der Waals surface area contributed by atoms with Gasteiger partial charge in [0.05, 0.1) is 6.10 Å². The molecule has 0 saturated heterocycles. The maximum Gasteiger partial charge on any atom is 0.0883 e. The first kappa shape index (κ1) is 12.7. The Hall–Kier alpha value is -0.770. The summed E-state index contributed by atoms with van der Waals surface area (Å²) in [5.41, 5.74) is 0.955. The summed E-state index contributed by atoms with van der Waals surface area (Å²) in [7, 11) is 0. The molecule has 0 saturated carbocycles. The van der Waals surface area contributed by atoms with Gasteiger partial charge in [0.25, 0.3) is 0 Å². The fourth-order valence-corrected chi connectivity index (χ4v) is 2.63. The van der Waals surface area contributed by atoms with Crippen LogP contribution in [0.5, 0.6) is 0 Å². The minimum absolute atomic E-state index is 0.423. The molecule has 2 aromatic rings. The molecule has 3 heteroatoms. The normalized spacial score (nSPS) is 12.4. The summed E-state index contributed by atoms with van der Waals surface area (Å²) in [6.07, 6.45) is -0.423. The molecule has 0 fully saturated rings. The van der Waals surface area contributed by atoms with Crippen LogP contribution in [0.15, 0.2) is 64.0 Å². The van der Waals surface area contributed by atoms with Gasteiger partial charge in [0, 0.05) is 15.1 Å². The molecule has 1 nitrogen and oxygen atoms in total. The lowest BCUT2D eigenvalue weighted by molar-refractivity contribution is 0.204. The Labute approximate surface area is 114 Å². The highest BCUT2D eigenvalue weighted by Crippen LogP contribution is 2.25. The Bertz CT molecular complexity index is 455. The van der Waals surface area contributed by atoms with Gasteiger partial charge in [0.1, 0.15) is 0 Å². The van der Waals surface area contributed by atoms with Gasteiger partial charge in [-0.25, -0.2) is 0 Å². The Balaban J connectivity index is 1.93. The molecule has 0 aliphatic rings. The second kappa shape index (κ2) is 6.24. The van der Waals surface area contributed by atoms with Gasteiger partial charge in [-0.05, 0) is 29.8 Å². The van der Waals surface area contributed by atoms with Gasteiger partial charge in [-0.2, -0.15) is 0 Å². The Kier molecular flexibility index (Phi) is 4.66. The van der Waals surface area contributed by atoms with Gasteiger partial charge >= 0.3 is 0 Å². The molecule has 1 N–H and O–H groups in total. The molecule has 1 unspecified atom stereocenters. The Morgan fingerprint density at radius 2 is 1.65 bits per heavy atom. The van der Waals surface area contributed by atoms with E-state index in [-0.39, 0.29) is 0 Å². The lowest BCUT2D eigenvalue weighted by Gasteiger charge is -2.10. The summed E-state index contributed by atoms with van der Waals surface area (Å²) in [5, 5.41) is 10.0. The van der Waals surface area contributed by atoms with Crippen LogP contribution >= 0.6 is 27.7 Å². The molecule has 17 heavy (non-hydrogen) atoms. The van der Waals surface area contributed by atoms with E-state index in [0.717, 1.165) is 10.0 Å². The van der Waals surface area contributed by atoms with Crippen LogP contribution < -0.4 is 0 Å². The van der Waals surface area contributed by atoms with E-state index >= 15 is 0 Å². The van der Waals surface area contributed by atoms with Crippen molar-refractivity contribution in [2.45, 2.75) is 11.0 Å². The zero-order chi connectivity index (χ0) is 12.1. The van der Waals surface area contributed by atoms with Crippen molar-refractivity contribution in [3.8, 4) is 0 Å². The minimum atomic E-state index is -0.423. The van der Waals surface area contributed by atoms with Crippen LogP contribution in [-0.4, -0.2) is 10.9 Å². The largest absolute Gasteiger partial charge is 0.388 e. The molecule has 0 aromatic heterocycles. The van der Waals surface area contributed by atoms with Crippen molar-refractivity contribution in [3.05, 3.63) is 64.6 Å². The van der Waals surface area contributed by atoms with E-state index in [2.05, 4.69) is 28.1 Å². The van der Waals surface area contributed by atoms with E-state index in [1.807, 2.05) is 42.5 Å². The molecule has 0 radical (unpaired) electrons. The SMILES string of the molecule is OC(CSc1ccccc1)c1ccc(Br)cc1. The van der Waals surface area contributed by atoms with Gasteiger partial charge in [-0.3, -0.25) is 0 Å². The Morgan fingerprint density at radius 3 is 2.29 bits per heavy atom. The first-order valence-electron chi connectivity index (χ1n) is 5.37. The predicted molar refractivity (Wildman–Crippen MR) is 76.3 cm³/mol. The summed E-state index contributed by atoms with van der Waals surface area (Å²) in [4.78, 5) is 1.18. The van der Waals surface area contributed by atoms with E-state index in [4.69, 9.17) is 0 Å². The number of benzene rings is 2. The van der Waals surface area contributed by atoms with Crippen molar-refractivity contribution in [1.82, 2.24) is 0 Å². The maximum atomic E-state index is 10.0. The lowest BCUT2D eigenvalue weighted by atomic mass is 10.1. The Morgan fingerprint density at radius 1 is 1.00 bits per heavy atom. The van der Waals surface area contributed by atoms with Crippen molar-refractivity contribution in [2.75, 3.05) is 5.75 Å². The molecule has 88 valence electrons. The minimum Gasteiger partial charge on any atom is -0.388 e. The molecule has 0 aliphatic carbocycles. The second-order valence-electron chi connectivity index (χ2n) is 3.69. The molecular weight excluding hydrogens is 296 g/mol. The molecule has 0 bridgehead atoms. The summed E-state index contributed by atoms with van der Waals surface area (Å²) >= 11 is 5.05. The number of thioether (sulfide) groups is 1. The molecule has 0 aliphatic heterocycles. The predicted octanol–water partition coefficient (Wildman–Crippen LogP) is 4.27. The molecular formula is C14H13BrOS. The first-order chi connectivity index (χ1) is 8.25. The van der Waals surface area contributed by atoms with Crippen molar-refractivity contribution in [2.24, 2.45) is 0 Å². The third-order valence-corrected chi connectivity index (χ3v) is 4.02. The van der Waals surface area contributed by atoms with E-state index in [0.29, 0.717) is 5.75 Å². The van der Waals surface area contributed by atoms with Crippen LogP contribution in [0.2, 0.25) is 0 Å². The summed E-state index contributed by atoms with van der Waals surface area (Å²) < 4.78 is 1.03. The number of aliphatic hydroxyl groups excluding tert-OH is 1. The smallest absolute Gasteiger partial charge is 0.0883 e. The molecule has 0 spiro atoms. The van der Waals surface area contributed by atoms with Gasteiger partial charge < -0.3 is 5.11 Å². The van der Waals surface area contributed by atoms with E-state index in [1.54, 1.807) is 11.8 Å².